The fourth-order valence-corrected chi connectivity index (χ4v) is 5.80. The number of benzene rings is 4. The molecule has 0 saturated carbocycles. The molecule has 6 rings (SSSR count). The number of thiophene rings is 1. The molecule has 0 bridgehead atoms. The van der Waals surface area contributed by atoms with Gasteiger partial charge < -0.3 is 10.5 Å². The highest BCUT2D eigenvalue weighted by atomic mass is 32.1. The number of aromatic nitrogens is 1. The molecule has 2 heterocycles. The molecular formula is C32H24N2O2S. The van der Waals surface area contributed by atoms with Gasteiger partial charge in [0.05, 0.1) is 18.0 Å². The van der Waals surface area contributed by atoms with Crippen molar-refractivity contribution >= 4 is 43.8 Å². The molecule has 6 aromatic rings. The number of carbonyl (C=O) groups is 1. The summed E-state index contributed by atoms with van der Waals surface area (Å²) in [6, 6.07) is 33.9. The first kappa shape index (κ1) is 23.0. The van der Waals surface area contributed by atoms with Crippen molar-refractivity contribution in [2.24, 2.45) is 0 Å². The van der Waals surface area contributed by atoms with Crippen molar-refractivity contribution in [2.45, 2.75) is 6.92 Å². The zero-order valence-corrected chi connectivity index (χ0v) is 21.1. The summed E-state index contributed by atoms with van der Waals surface area (Å²) < 4.78 is 5.53. The van der Waals surface area contributed by atoms with E-state index in [4.69, 9.17) is 15.5 Å². The van der Waals surface area contributed by atoms with E-state index in [-0.39, 0.29) is 5.78 Å². The predicted molar refractivity (Wildman–Crippen MR) is 153 cm³/mol. The number of nitrogens with two attached hydrogens (primary N) is 1. The minimum absolute atomic E-state index is 0.117. The molecule has 0 amide bonds. The molecule has 0 radical (unpaired) electrons. The molecule has 180 valence electrons. The van der Waals surface area contributed by atoms with Crippen LogP contribution < -0.4 is 10.5 Å². The SMILES string of the molecule is CCOc1ccc(C(=O)c2sc3nc(-c4ccccc4)cc(-c4cccc5ccccc45)c3c2N)cc1. The summed E-state index contributed by atoms with van der Waals surface area (Å²) in [5, 5.41) is 3.09. The number of ether oxygens (including phenoxy) is 1. The van der Waals surface area contributed by atoms with Crippen molar-refractivity contribution in [2.75, 3.05) is 12.3 Å². The van der Waals surface area contributed by atoms with Crippen molar-refractivity contribution in [3.05, 3.63) is 114 Å². The molecule has 37 heavy (non-hydrogen) atoms. The van der Waals surface area contributed by atoms with Gasteiger partial charge in [-0.2, -0.15) is 0 Å². The maximum absolute atomic E-state index is 13.6. The van der Waals surface area contributed by atoms with Crippen molar-refractivity contribution in [1.29, 1.82) is 0 Å². The highest BCUT2D eigenvalue weighted by Crippen LogP contribution is 2.43. The Morgan fingerprint density at radius 2 is 1.59 bits per heavy atom. The highest BCUT2D eigenvalue weighted by Gasteiger charge is 2.23. The lowest BCUT2D eigenvalue weighted by Gasteiger charge is -2.11. The van der Waals surface area contributed by atoms with Crippen LogP contribution in [0.5, 0.6) is 5.75 Å². The van der Waals surface area contributed by atoms with Gasteiger partial charge in [0.2, 0.25) is 5.78 Å². The fraction of sp³-hybridized carbons (Fsp3) is 0.0625. The Bertz CT molecular complexity index is 1750. The quantitative estimate of drug-likeness (QED) is 0.235. The molecule has 0 aliphatic heterocycles. The van der Waals surface area contributed by atoms with E-state index in [0.29, 0.717) is 22.7 Å². The largest absolute Gasteiger partial charge is 0.494 e. The molecular weight excluding hydrogens is 476 g/mol. The van der Waals surface area contributed by atoms with Crippen LogP contribution in [0.1, 0.15) is 22.2 Å². The predicted octanol–water partition coefficient (Wildman–Crippen LogP) is 8.00. The van der Waals surface area contributed by atoms with Crippen LogP contribution in [0.2, 0.25) is 0 Å². The zero-order chi connectivity index (χ0) is 25.4. The number of carbonyl (C=O) groups excluding carboxylic acids is 1. The van der Waals surface area contributed by atoms with Gasteiger partial charge in [0.1, 0.15) is 15.5 Å². The van der Waals surface area contributed by atoms with Crippen molar-refractivity contribution in [1.82, 2.24) is 4.98 Å². The zero-order valence-electron chi connectivity index (χ0n) is 20.3. The van der Waals surface area contributed by atoms with Crippen LogP contribution >= 0.6 is 11.3 Å². The minimum atomic E-state index is -0.117. The number of hydrogen-bond acceptors (Lipinski definition) is 5. The smallest absolute Gasteiger partial charge is 0.205 e. The molecule has 0 aliphatic rings. The standard InChI is InChI=1S/C32H24N2O2S/c1-2-36-23-17-15-22(16-18-23)30(35)31-29(33)28-26(25-14-8-12-20-9-6-7-13-24(20)25)19-27(34-32(28)37-31)21-10-4-3-5-11-21/h3-19H,2,33H2,1H3. The summed E-state index contributed by atoms with van der Waals surface area (Å²) in [5.41, 5.74) is 11.7. The summed E-state index contributed by atoms with van der Waals surface area (Å²) in [5.74, 6) is 0.615. The van der Waals surface area contributed by atoms with E-state index in [1.165, 1.54) is 11.3 Å². The number of anilines is 1. The number of fused-ring (bicyclic) bond motifs is 2. The van der Waals surface area contributed by atoms with E-state index in [1.807, 2.05) is 61.5 Å². The Morgan fingerprint density at radius 3 is 2.38 bits per heavy atom. The number of nitrogens with zero attached hydrogens (tertiary/aromatic N) is 1. The van der Waals surface area contributed by atoms with Crippen LogP contribution in [-0.2, 0) is 0 Å². The second-order valence-electron chi connectivity index (χ2n) is 8.76. The maximum Gasteiger partial charge on any atom is 0.205 e. The second kappa shape index (κ2) is 9.52. The molecule has 4 aromatic carbocycles. The van der Waals surface area contributed by atoms with Crippen LogP contribution in [0, 0.1) is 0 Å². The molecule has 0 spiro atoms. The Morgan fingerprint density at radius 1 is 0.865 bits per heavy atom. The van der Waals surface area contributed by atoms with E-state index in [0.717, 1.165) is 49.1 Å². The first-order chi connectivity index (χ1) is 18.1. The van der Waals surface area contributed by atoms with E-state index in [1.54, 1.807) is 12.1 Å². The summed E-state index contributed by atoms with van der Waals surface area (Å²) in [6.07, 6.45) is 0. The Hall–Kier alpha value is -4.48. The average Bonchev–Trinajstić information content (AvgIpc) is 3.29. The maximum atomic E-state index is 13.6. The third-order valence-electron chi connectivity index (χ3n) is 6.48. The summed E-state index contributed by atoms with van der Waals surface area (Å²) >= 11 is 1.35. The molecule has 2 aromatic heterocycles. The number of ketones is 1. The molecule has 4 nitrogen and oxygen atoms in total. The second-order valence-corrected chi connectivity index (χ2v) is 9.76. The lowest BCUT2D eigenvalue weighted by atomic mass is 9.94. The van der Waals surface area contributed by atoms with Crippen LogP contribution in [-0.4, -0.2) is 17.4 Å². The number of pyridine rings is 1. The van der Waals surface area contributed by atoms with Crippen molar-refractivity contribution in [3.63, 3.8) is 0 Å². The van der Waals surface area contributed by atoms with E-state index in [9.17, 15) is 4.79 Å². The summed E-state index contributed by atoms with van der Waals surface area (Å²) in [7, 11) is 0. The molecule has 5 heteroatoms. The van der Waals surface area contributed by atoms with E-state index in [2.05, 4.69) is 36.4 Å². The van der Waals surface area contributed by atoms with E-state index < -0.39 is 0 Å². The Balaban J connectivity index is 1.58. The highest BCUT2D eigenvalue weighted by molar-refractivity contribution is 7.21. The van der Waals surface area contributed by atoms with Gasteiger partial charge in [0, 0.05) is 16.5 Å². The lowest BCUT2D eigenvalue weighted by molar-refractivity contribution is 0.104. The fourth-order valence-electron chi connectivity index (χ4n) is 4.72. The van der Waals surface area contributed by atoms with Gasteiger partial charge in [0.25, 0.3) is 0 Å². The van der Waals surface area contributed by atoms with Gasteiger partial charge in [-0.15, -0.1) is 11.3 Å². The number of hydrogen-bond donors (Lipinski definition) is 1. The van der Waals surface area contributed by atoms with Gasteiger partial charge in [-0.25, -0.2) is 4.98 Å². The van der Waals surface area contributed by atoms with Gasteiger partial charge in [-0.1, -0.05) is 72.8 Å². The van der Waals surface area contributed by atoms with Crippen LogP contribution in [0.3, 0.4) is 0 Å². The Labute approximate surface area is 219 Å². The Kier molecular flexibility index (Phi) is 5.91. The molecule has 0 unspecified atom stereocenters. The van der Waals surface area contributed by atoms with Crippen LogP contribution in [0.25, 0.3) is 43.4 Å². The first-order valence-electron chi connectivity index (χ1n) is 12.2. The normalized spacial score (nSPS) is 11.2. The van der Waals surface area contributed by atoms with Crippen molar-refractivity contribution in [3.8, 4) is 28.1 Å². The van der Waals surface area contributed by atoms with Crippen LogP contribution in [0.15, 0.2) is 103 Å². The molecule has 0 fully saturated rings. The van der Waals surface area contributed by atoms with E-state index >= 15 is 0 Å². The topological polar surface area (TPSA) is 65.2 Å². The van der Waals surface area contributed by atoms with Crippen LogP contribution in [0.4, 0.5) is 5.69 Å². The molecule has 0 aliphatic carbocycles. The van der Waals surface area contributed by atoms with Gasteiger partial charge in [0.15, 0.2) is 0 Å². The first-order valence-corrected chi connectivity index (χ1v) is 13.0. The summed E-state index contributed by atoms with van der Waals surface area (Å²) in [6.45, 7) is 2.50. The third kappa shape index (κ3) is 4.13. The minimum Gasteiger partial charge on any atom is -0.494 e. The number of nitrogen functional groups attached to an aromatic ring is 1. The van der Waals surface area contributed by atoms with Gasteiger partial charge >= 0.3 is 0 Å². The monoisotopic (exact) mass is 500 g/mol. The van der Waals surface area contributed by atoms with Gasteiger partial charge in [-0.05, 0) is 59.2 Å². The molecule has 2 N–H and O–H groups in total. The summed E-state index contributed by atoms with van der Waals surface area (Å²) in [4.78, 5) is 19.8. The lowest BCUT2D eigenvalue weighted by Crippen LogP contribution is -2.02. The van der Waals surface area contributed by atoms with Gasteiger partial charge in [-0.3, -0.25) is 4.79 Å². The number of rotatable bonds is 6. The molecule has 0 saturated heterocycles. The molecule has 0 atom stereocenters. The van der Waals surface area contributed by atoms with Crippen molar-refractivity contribution < 1.29 is 9.53 Å². The third-order valence-corrected chi connectivity index (χ3v) is 7.58. The average molecular weight is 501 g/mol.